The van der Waals surface area contributed by atoms with E-state index in [-0.39, 0.29) is 17.9 Å². The highest BCUT2D eigenvalue weighted by molar-refractivity contribution is 6.05. The van der Waals surface area contributed by atoms with E-state index in [1.807, 2.05) is 18.2 Å². The molecule has 24 heavy (non-hydrogen) atoms. The summed E-state index contributed by atoms with van der Waals surface area (Å²) in [5.41, 5.74) is 0.638. The Hall–Kier alpha value is -1.68. The van der Waals surface area contributed by atoms with Gasteiger partial charge in [0.2, 0.25) is 11.8 Å². The number of benzene rings is 1. The number of rotatable bonds is 2. The summed E-state index contributed by atoms with van der Waals surface area (Å²) in [6.45, 7) is 0. The Labute approximate surface area is 142 Å². The van der Waals surface area contributed by atoms with Gasteiger partial charge in [-0.2, -0.15) is 0 Å². The van der Waals surface area contributed by atoms with Gasteiger partial charge in [-0.1, -0.05) is 30.3 Å². The van der Waals surface area contributed by atoms with Crippen molar-refractivity contribution in [2.24, 2.45) is 23.7 Å². The molecule has 0 aromatic heterocycles. The van der Waals surface area contributed by atoms with E-state index in [2.05, 4.69) is 22.8 Å². The highest BCUT2D eigenvalue weighted by Crippen LogP contribution is 2.58. The molecule has 126 valence electrons. The highest BCUT2D eigenvalue weighted by Gasteiger charge is 2.63. The summed E-state index contributed by atoms with van der Waals surface area (Å²) in [5.74, 6) is 2.20. The van der Waals surface area contributed by atoms with Gasteiger partial charge in [0.25, 0.3) is 0 Å². The molecular weight excluding hydrogens is 300 g/mol. The maximum absolute atomic E-state index is 12.9. The average molecular weight is 324 g/mol. The molecule has 5 aliphatic rings. The smallest absolute Gasteiger partial charge is 0.247 e. The molecule has 2 amide bonds. The van der Waals surface area contributed by atoms with Gasteiger partial charge in [-0.15, -0.1) is 0 Å². The Kier molecular flexibility index (Phi) is 3.15. The zero-order valence-electron chi connectivity index (χ0n) is 13.8. The third-order valence-corrected chi connectivity index (χ3v) is 7.05. The lowest BCUT2D eigenvalue weighted by atomic mass is 9.48. The lowest BCUT2D eigenvalue weighted by Crippen LogP contribution is -2.78. The van der Waals surface area contributed by atoms with E-state index in [0.717, 1.165) is 43.1 Å². The molecule has 4 aliphatic carbocycles. The second-order valence-electron chi connectivity index (χ2n) is 8.38. The van der Waals surface area contributed by atoms with E-state index in [1.54, 1.807) is 0 Å². The number of hydrogen-bond acceptors (Lipinski definition) is 3. The van der Waals surface area contributed by atoms with Gasteiger partial charge >= 0.3 is 0 Å². The molecule has 2 N–H and O–H groups in total. The van der Waals surface area contributed by atoms with Crippen LogP contribution >= 0.6 is 0 Å². The van der Waals surface area contributed by atoms with Gasteiger partial charge in [-0.3, -0.25) is 20.2 Å². The van der Waals surface area contributed by atoms with Crippen LogP contribution in [0.5, 0.6) is 0 Å². The zero-order chi connectivity index (χ0) is 16.3. The number of piperazine rings is 1. The number of amides is 2. The molecule has 1 aliphatic heterocycles. The summed E-state index contributed by atoms with van der Waals surface area (Å²) >= 11 is 0. The minimum Gasteiger partial charge on any atom is -0.293 e. The van der Waals surface area contributed by atoms with Gasteiger partial charge in [0.05, 0.1) is 6.04 Å². The topological polar surface area (TPSA) is 58.2 Å². The van der Waals surface area contributed by atoms with Gasteiger partial charge < -0.3 is 0 Å². The number of carbonyl (C=O) groups is 2. The van der Waals surface area contributed by atoms with Crippen molar-refractivity contribution in [1.82, 2.24) is 10.6 Å². The third kappa shape index (κ3) is 2.02. The molecule has 6 rings (SSSR count). The minimum absolute atomic E-state index is 0.0504. The standard InChI is InChI=1S/C20H24N2O2/c23-18-17(11-12-4-2-1-3-5-12)22-20(19(24)21-18)15-7-13-6-14(9-15)10-16(20)8-13/h1-5,13-17,22H,6-11H2,(H,21,23,24)/t13?,14?,15?,16?,17-,20?/m0/s1. The van der Waals surface area contributed by atoms with Gasteiger partial charge in [0.1, 0.15) is 5.54 Å². The van der Waals surface area contributed by atoms with Crippen LogP contribution in [0.4, 0.5) is 0 Å². The normalized spacial score (nSPS) is 43.2. The number of nitrogens with one attached hydrogen (secondary N) is 2. The predicted molar refractivity (Wildman–Crippen MR) is 90.0 cm³/mol. The average Bonchev–Trinajstić information content (AvgIpc) is 2.56. The number of imide groups is 1. The Balaban J connectivity index is 1.46. The first-order chi connectivity index (χ1) is 11.6. The first-order valence-electron chi connectivity index (χ1n) is 9.32. The molecule has 1 aromatic carbocycles. The van der Waals surface area contributed by atoms with Gasteiger partial charge in [0.15, 0.2) is 0 Å². The molecule has 1 saturated heterocycles. The maximum atomic E-state index is 12.9. The van der Waals surface area contributed by atoms with Crippen molar-refractivity contribution in [3.8, 4) is 0 Å². The molecule has 4 bridgehead atoms. The van der Waals surface area contributed by atoms with Crippen molar-refractivity contribution >= 4 is 11.8 Å². The van der Waals surface area contributed by atoms with Crippen molar-refractivity contribution in [2.75, 3.05) is 0 Å². The second-order valence-corrected chi connectivity index (χ2v) is 8.38. The molecule has 0 unspecified atom stereocenters. The zero-order valence-corrected chi connectivity index (χ0v) is 13.8. The summed E-state index contributed by atoms with van der Waals surface area (Å²) in [5, 5.41) is 6.33. The van der Waals surface area contributed by atoms with Crippen molar-refractivity contribution in [3.05, 3.63) is 35.9 Å². The summed E-state index contributed by atoms with van der Waals surface area (Å²) in [6, 6.07) is 9.78. The Morgan fingerprint density at radius 3 is 2.17 bits per heavy atom. The van der Waals surface area contributed by atoms with E-state index < -0.39 is 5.54 Å². The highest BCUT2D eigenvalue weighted by atomic mass is 16.2. The van der Waals surface area contributed by atoms with Crippen LogP contribution in [0.1, 0.15) is 37.7 Å². The van der Waals surface area contributed by atoms with Crippen LogP contribution in [0.2, 0.25) is 0 Å². The van der Waals surface area contributed by atoms with E-state index in [4.69, 9.17) is 0 Å². The van der Waals surface area contributed by atoms with Crippen LogP contribution in [0.15, 0.2) is 30.3 Å². The van der Waals surface area contributed by atoms with Crippen molar-refractivity contribution in [2.45, 2.75) is 50.1 Å². The van der Waals surface area contributed by atoms with Gasteiger partial charge in [0, 0.05) is 0 Å². The molecule has 1 spiro atoms. The molecular formula is C20H24N2O2. The quantitative estimate of drug-likeness (QED) is 0.819. The fourth-order valence-corrected chi connectivity index (χ4v) is 6.25. The molecule has 5 fully saturated rings. The van der Waals surface area contributed by atoms with Crippen LogP contribution in [0, 0.1) is 23.7 Å². The van der Waals surface area contributed by atoms with E-state index in [0.29, 0.717) is 18.3 Å². The van der Waals surface area contributed by atoms with Crippen LogP contribution in [-0.2, 0) is 16.0 Å². The summed E-state index contributed by atoms with van der Waals surface area (Å²) in [4.78, 5) is 25.4. The lowest BCUT2D eigenvalue weighted by molar-refractivity contribution is -0.158. The first-order valence-corrected chi connectivity index (χ1v) is 9.32. The molecule has 1 aromatic rings. The third-order valence-electron chi connectivity index (χ3n) is 7.05. The van der Waals surface area contributed by atoms with Crippen molar-refractivity contribution in [1.29, 1.82) is 0 Å². The summed E-state index contributed by atoms with van der Waals surface area (Å²) in [6.07, 6.45) is 6.61. The van der Waals surface area contributed by atoms with Crippen LogP contribution in [0.3, 0.4) is 0 Å². The second kappa shape index (κ2) is 5.16. The van der Waals surface area contributed by atoms with Crippen LogP contribution in [-0.4, -0.2) is 23.4 Å². The Bertz CT molecular complexity index is 656. The fourth-order valence-electron chi connectivity index (χ4n) is 6.25. The van der Waals surface area contributed by atoms with Crippen molar-refractivity contribution < 1.29 is 9.59 Å². The molecule has 4 saturated carbocycles. The number of carbonyl (C=O) groups excluding carboxylic acids is 2. The number of hydrogen-bond donors (Lipinski definition) is 2. The SMILES string of the molecule is O=C1NC(=O)C2(N[C@H]1Cc1ccccc1)C1CC3CC(C1)CC2C3. The van der Waals surface area contributed by atoms with Crippen LogP contribution < -0.4 is 10.6 Å². The first kappa shape index (κ1) is 14.6. The lowest BCUT2D eigenvalue weighted by Gasteiger charge is -2.62. The Morgan fingerprint density at radius 2 is 1.54 bits per heavy atom. The van der Waals surface area contributed by atoms with Gasteiger partial charge in [-0.25, -0.2) is 0 Å². The summed E-state index contributed by atoms with van der Waals surface area (Å²) in [7, 11) is 0. The predicted octanol–water partition coefficient (Wildman–Crippen LogP) is 2.04. The van der Waals surface area contributed by atoms with Crippen LogP contribution in [0.25, 0.3) is 0 Å². The van der Waals surface area contributed by atoms with Crippen molar-refractivity contribution in [3.63, 3.8) is 0 Å². The minimum atomic E-state index is -0.499. The van der Waals surface area contributed by atoms with E-state index >= 15 is 0 Å². The molecule has 1 heterocycles. The Morgan fingerprint density at radius 1 is 0.917 bits per heavy atom. The molecule has 4 nitrogen and oxygen atoms in total. The van der Waals surface area contributed by atoms with E-state index in [1.165, 1.54) is 6.42 Å². The fraction of sp³-hybridized carbons (Fsp3) is 0.600. The molecule has 4 heteroatoms. The molecule has 0 radical (unpaired) electrons. The molecule has 1 atom stereocenters. The van der Waals surface area contributed by atoms with E-state index in [9.17, 15) is 9.59 Å². The summed E-state index contributed by atoms with van der Waals surface area (Å²) < 4.78 is 0. The monoisotopic (exact) mass is 324 g/mol. The largest absolute Gasteiger partial charge is 0.293 e. The van der Waals surface area contributed by atoms with Gasteiger partial charge in [-0.05, 0) is 67.8 Å². The maximum Gasteiger partial charge on any atom is 0.247 e.